The molecule has 28 heavy (non-hydrogen) atoms. The van der Waals surface area contributed by atoms with E-state index in [1.54, 1.807) is 18.7 Å². The SMILES string of the molecule is C=CCOC(=O)c1c(C)nc(C)nc1C(=O)N1CCN(C(=O)CCC)C(C)C1. The van der Waals surface area contributed by atoms with Crippen molar-refractivity contribution in [2.45, 2.75) is 46.6 Å². The van der Waals surface area contributed by atoms with Crippen LogP contribution in [-0.2, 0) is 9.53 Å². The molecule has 0 radical (unpaired) electrons. The van der Waals surface area contributed by atoms with E-state index in [9.17, 15) is 14.4 Å². The van der Waals surface area contributed by atoms with Crippen LogP contribution >= 0.6 is 0 Å². The molecule has 0 saturated carbocycles. The van der Waals surface area contributed by atoms with Gasteiger partial charge in [0.1, 0.15) is 23.7 Å². The predicted molar refractivity (Wildman–Crippen MR) is 104 cm³/mol. The van der Waals surface area contributed by atoms with Crippen LogP contribution in [0.2, 0.25) is 0 Å². The van der Waals surface area contributed by atoms with Crippen molar-refractivity contribution in [2.24, 2.45) is 0 Å². The number of piperazine rings is 1. The fraction of sp³-hybridized carbons (Fsp3) is 0.550. The highest BCUT2D eigenvalue weighted by molar-refractivity contribution is 6.04. The van der Waals surface area contributed by atoms with E-state index in [2.05, 4.69) is 16.5 Å². The molecule has 1 unspecified atom stereocenters. The Morgan fingerprint density at radius 2 is 1.96 bits per heavy atom. The van der Waals surface area contributed by atoms with Gasteiger partial charge in [-0.05, 0) is 27.2 Å². The maximum atomic E-state index is 13.2. The summed E-state index contributed by atoms with van der Waals surface area (Å²) in [7, 11) is 0. The lowest BCUT2D eigenvalue weighted by Gasteiger charge is -2.40. The van der Waals surface area contributed by atoms with Crippen molar-refractivity contribution in [1.29, 1.82) is 0 Å². The van der Waals surface area contributed by atoms with Gasteiger partial charge in [-0.15, -0.1) is 0 Å². The quantitative estimate of drug-likeness (QED) is 0.546. The summed E-state index contributed by atoms with van der Waals surface area (Å²) in [5, 5.41) is 0. The number of hydrogen-bond acceptors (Lipinski definition) is 6. The van der Waals surface area contributed by atoms with E-state index < -0.39 is 5.97 Å². The minimum Gasteiger partial charge on any atom is -0.458 e. The Bertz CT molecular complexity index is 778. The number of ether oxygens (including phenoxy) is 1. The van der Waals surface area contributed by atoms with Crippen molar-refractivity contribution in [3.8, 4) is 0 Å². The van der Waals surface area contributed by atoms with E-state index in [0.29, 0.717) is 37.6 Å². The highest BCUT2D eigenvalue weighted by Gasteiger charge is 2.33. The number of rotatable bonds is 6. The molecular formula is C20H28N4O4. The predicted octanol–water partition coefficient (Wildman–Crippen LogP) is 1.91. The van der Waals surface area contributed by atoms with Gasteiger partial charge >= 0.3 is 5.97 Å². The number of aromatic nitrogens is 2. The van der Waals surface area contributed by atoms with E-state index in [0.717, 1.165) is 6.42 Å². The van der Waals surface area contributed by atoms with Gasteiger partial charge in [-0.2, -0.15) is 0 Å². The summed E-state index contributed by atoms with van der Waals surface area (Å²) in [6.07, 6.45) is 2.75. The summed E-state index contributed by atoms with van der Waals surface area (Å²) in [5.41, 5.74) is 0.518. The molecule has 2 rings (SSSR count). The van der Waals surface area contributed by atoms with Crippen molar-refractivity contribution in [3.05, 3.63) is 35.4 Å². The van der Waals surface area contributed by atoms with Gasteiger partial charge in [0.2, 0.25) is 5.91 Å². The molecular weight excluding hydrogens is 360 g/mol. The number of aryl methyl sites for hydroxylation is 2. The highest BCUT2D eigenvalue weighted by Crippen LogP contribution is 2.19. The molecule has 0 spiro atoms. The number of nitrogens with zero attached hydrogens (tertiary/aromatic N) is 4. The van der Waals surface area contributed by atoms with Crippen LogP contribution in [0.3, 0.4) is 0 Å². The maximum Gasteiger partial charge on any atom is 0.342 e. The first kappa shape index (κ1) is 21.5. The molecule has 0 bridgehead atoms. The van der Waals surface area contributed by atoms with Gasteiger partial charge in [0.15, 0.2) is 0 Å². The first-order valence-electron chi connectivity index (χ1n) is 9.52. The molecule has 0 aliphatic carbocycles. The van der Waals surface area contributed by atoms with Gasteiger partial charge in [-0.3, -0.25) is 9.59 Å². The van der Waals surface area contributed by atoms with Crippen molar-refractivity contribution >= 4 is 17.8 Å². The molecule has 1 aliphatic heterocycles. The second-order valence-corrected chi connectivity index (χ2v) is 6.90. The number of amides is 2. The summed E-state index contributed by atoms with van der Waals surface area (Å²) < 4.78 is 5.11. The Hall–Kier alpha value is -2.77. The van der Waals surface area contributed by atoms with Crippen LogP contribution in [0.25, 0.3) is 0 Å². The topological polar surface area (TPSA) is 92.7 Å². The molecule has 2 amide bonds. The van der Waals surface area contributed by atoms with Gasteiger partial charge in [0, 0.05) is 32.1 Å². The minimum atomic E-state index is -0.648. The average molecular weight is 388 g/mol. The molecule has 1 aliphatic rings. The normalized spacial score (nSPS) is 16.6. The van der Waals surface area contributed by atoms with Gasteiger partial charge < -0.3 is 14.5 Å². The zero-order chi connectivity index (χ0) is 20.8. The van der Waals surface area contributed by atoms with Gasteiger partial charge in [0.05, 0.1) is 5.69 Å². The second kappa shape index (κ2) is 9.43. The summed E-state index contributed by atoms with van der Waals surface area (Å²) in [5.74, 6) is -0.491. The highest BCUT2D eigenvalue weighted by atomic mass is 16.5. The lowest BCUT2D eigenvalue weighted by molar-refractivity contribution is -0.135. The summed E-state index contributed by atoms with van der Waals surface area (Å²) in [6.45, 7) is 12.0. The molecule has 1 atom stereocenters. The van der Waals surface area contributed by atoms with Gasteiger partial charge in [-0.1, -0.05) is 19.6 Å². The van der Waals surface area contributed by atoms with E-state index in [1.165, 1.54) is 6.08 Å². The standard InChI is InChI=1S/C20H28N4O4/c1-6-8-16(25)24-10-9-23(12-13(24)3)19(26)18-17(20(27)28-11-7-2)14(4)21-15(5)22-18/h7,13H,2,6,8-12H2,1,3-5H3. The smallest absolute Gasteiger partial charge is 0.342 e. The van der Waals surface area contributed by atoms with Crippen molar-refractivity contribution in [1.82, 2.24) is 19.8 Å². The first-order chi connectivity index (χ1) is 13.3. The maximum absolute atomic E-state index is 13.2. The monoisotopic (exact) mass is 388 g/mol. The number of hydrogen-bond donors (Lipinski definition) is 0. The Kier molecular flexibility index (Phi) is 7.25. The van der Waals surface area contributed by atoms with Crippen molar-refractivity contribution in [3.63, 3.8) is 0 Å². The van der Waals surface area contributed by atoms with E-state index in [-0.39, 0.29) is 35.7 Å². The zero-order valence-corrected chi connectivity index (χ0v) is 17.0. The largest absolute Gasteiger partial charge is 0.458 e. The third kappa shape index (κ3) is 4.74. The zero-order valence-electron chi connectivity index (χ0n) is 17.0. The Morgan fingerprint density at radius 3 is 2.57 bits per heavy atom. The van der Waals surface area contributed by atoms with Crippen LogP contribution in [-0.4, -0.2) is 69.8 Å². The molecule has 0 aromatic carbocycles. The minimum absolute atomic E-state index is 0.0367. The van der Waals surface area contributed by atoms with Gasteiger partial charge in [0.25, 0.3) is 5.91 Å². The summed E-state index contributed by atoms with van der Waals surface area (Å²) >= 11 is 0. The Morgan fingerprint density at radius 1 is 1.25 bits per heavy atom. The lowest BCUT2D eigenvalue weighted by atomic mass is 10.1. The molecule has 0 N–H and O–H groups in total. The number of carbonyl (C=O) groups is 3. The summed E-state index contributed by atoms with van der Waals surface area (Å²) in [6, 6.07) is -0.100. The molecule has 1 saturated heterocycles. The Balaban J connectivity index is 2.26. The van der Waals surface area contributed by atoms with Crippen LogP contribution in [0.5, 0.6) is 0 Å². The van der Waals surface area contributed by atoms with Crippen molar-refractivity contribution in [2.75, 3.05) is 26.2 Å². The van der Waals surface area contributed by atoms with Crippen LogP contribution in [0.15, 0.2) is 12.7 Å². The lowest BCUT2D eigenvalue weighted by Crippen LogP contribution is -2.55. The van der Waals surface area contributed by atoms with E-state index in [1.807, 2.05) is 18.7 Å². The molecule has 1 fully saturated rings. The molecule has 1 aromatic rings. The molecule has 152 valence electrons. The van der Waals surface area contributed by atoms with Gasteiger partial charge in [-0.25, -0.2) is 14.8 Å². The fourth-order valence-corrected chi connectivity index (χ4v) is 3.34. The van der Waals surface area contributed by atoms with E-state index >= 15 is 0 Å². The first-order valence-corrected chi connectivity index (χ1v) is 9.52. The summed E-state index contributed by atoms with van der Waals surface area (Å²) in [4.78, 5) is 49.7. The van der Waals surface area contributed by atoms with Crippen molar-refractivity contribution < 1.29 is 19.1 Å². The number of carbonyl (C=O) groups excluding carboxylic acids is 3. The molecule has 1 aromatic heterocycles. The van der Waals surface area contributed by atoms with E-state index in [4.69, 9.17) is 4.74 Å². The van der Waals surface area contributed by atoms with Crippen LogP contribution in [0.4, 0.5) is 0 Å². The second-order valence-electron chi connectivity index (χ2n) is 6.90. The van der Waals surface area contributed by atoms with Crippen LogP contribution in [0, 0.1) is 13.8 Å². The molecule has 8 heteroatoms. The molecule has 8 nitrogen and oxygen atoms in total. The van der Waals surface area contributed by atoms with Crippen LogP contribution < -0.4 is 0 Å². The Labute approximate surface area is 165 Å². The fourth-order valence-electron chi connectivity index (χ4n) is 3.34. The number of esters is 1. The third-order valence-corrected chi connectivity index (χ3v) is 4.64. The molecule has 2 heterocycles. The third-order valence-electron chi connectivity index (χ3n) is 4.64. The van der Waals surface area contributed by atoms with Crippen LogP contribution in [0.1, 0.15) is 59.1 Å². The average Bonchev–Trinajstić information content (AvgIpc) is 2.64.